The van der Waals surface area contributed by atoms with E-state index in [2.05, 4.69) is 50.4 Å². The Kier molecular flexibility index (Phi) is 6.25. The van der Waals surface area contributed by atoms with Gasteiger partial charge in [0.25, 0.3) is 0 Å². The topological polar surface area (TPSA) is 21.3 Å². The zero-order valence-corrected chi connectivity index (χ0v) is 14.0. The van der Waals surface area contributed by atoms with Crippen LogP contribution in [0, 0.1) is 5.41 Å². The van der Waals surface area contributed by atoms with Crippen LogP contribution in [-0.2, 0) is 17.9 Å². The Labute approximate surface area is 130 Å². The maximum absolute atomic E-state index is 6.18. The molecular weight excluding hydrogens is 258 g/mol. The molecular formula is C19H31NO. The molecule has 0 radical (unpaired) electrons. The summed E-state index contributed by atoms with van der Waals surface area (Å²) in [7, 11) is 0. The van der Waals surface area contributed by atoms with Crippen molar-refractivity contribution in [3.05, 3.63) is 35.4 Å². The number of hydrogen-bond donors (Lipinski definition) is 1. The minimum Gasteiger partial charge on any atom is -0.374 e. The van der Waals surface area contributed by atoms with Crippen LogP contribution in [0.3, 0.4) is 0 Å². The highest BCUT2D eigenvalue weighted by Gasteiger charge is 2.27. The number of benzene rings is 1. The summed E-state index contributed by atoms with van der Waals surface area (Å²) in [4.78, 5) is 0. The molecule has 0 bridgehead atoms. The lowest BCUT2D eigenvalue weighted by atomic mass is 9.76. The average molecular weight is 289 g/mol. The molecule has 0 aromatic heterocycles. The molecule has 0 saturated heterocycles. The molecule has 2 heteroatoms. The predicted molar refractivity (Wildman–Crippen MR) is 89.3 cm³/mol. The van der Waals surface area contributed by atoms with Gasteiger partial charge in [-0.3, -0.25) is 0 Å². The Morgan fingerprint density at radius 1 is 1.14 bits per heavy atom. The number of ether oxygens (including phenoxy) is 1. The van der Waals surface area contributed by atoms with Gasteiger partial charge in [-0.1, -0.05) is 45.0 Å². The van der Waals surface area contributed by atoms with Gasteiger partial charge in [0.2, 0.25) is 0 Å². The van der Waals surface area contributed by atoms with Crippen LogP contribution in [0.15, 0.2) is 24.3 Å². The van der Waals surface area contributed by atoms with E-state index in [-0.39, 0.29) is 0 Å². The summed E-state index contributed by atoms with van der Waals surface area (Å²) in [5.74, 6) is 0. The Hall–Kier alpha value is -0.860. The predicted octanol–water partition coefficient (Wildman–Crippen LogP) is 4.67. The van der Waals surface area contributed by atoms with Gasteiger partial charge in [-0.25, -0.2) is 0 Å². The molecule has 1 saturated carbocycles. The van der Waals surface area contributed by atoms with Crippen LogP contribution < -0.4 is 5.32 Å². The second-order valence-electron chi connectivity index (χ2n) is 7.12. The zero-order chi connectivity index (χ0) is 15.1. The second kappa shape index (κ2) is 7.95. The van der Waals surface area contributed by atoms with Crippen LogP contribution in [0.4, 0.5) is 0 Å². The number of nitrogens with one attached hydrogen (secondary N) is 1. The first-order chi connectivity index (χ1) is 10.1. The van der Waals surface area contributed by atoms with Gasteiger partial charge in [-0.2, -0.15) is 0 Å². The van der Waals surface area contributed by atoms with Crippen molar-refractivity contribution in [1.82, 2.24) is 5.32 Å². The summed E-state index contributed by atoms with van der Waals surface area (Å²) in [6.07, 6.45) is 6.63. The summed E-state index contributed by atoms with van der Waals surface area (Å²) in [5.41, 5.74) is 3.23. The van der Waals surface area contributed by atoms with Gasteiger partial charge < -0.3 is 10.1 Å². The highest BCUT2D eigenvalue weighted by atomic mass is 16.5. The maximum Gasteiger partial charge on any atom is 0.0723 e. The molecule has 1 aromatic carbocycles. The van der Waals surface area contributed by atoms with Crippen LogP contribution in [0.1, 0.15) is 64.0 Å². The molecule has 2 rings (SSSR count). The van der Waals surface area contributed by atoms with Crippen LogP contribution in [-0.4, -0.2) is 12.6 Å². The summed E-state index contributed by atoms with van der Waals surface area (Å²) in [6.45, 7) is 9.73. The van der Waals surface area contributed by atoms with Crippen molar-refractivity contribution in [3.63, 3.8) is 0 Å². The van der Waals surface area contributed by atoms with Crippen molar-refractivity contribution in [3.8, 4) is 0 Å². The van der Waals surface area contributed by atoms with Gasteiger partial charge in [-0.15, -0.1) is 0 Å². The normalized spacial score (nSPS) is 18.8. The molecule has 1 aliphatic rings. The molecule has 0 atom stereocenters. The Bertz CT molecular complexity index is 417. The van der Waals surface area contributed by atoms with E-state index in [1.165, 1.54) is 43.2 Å². The molecule has 1 fully saturated rings. The highest BCUT2D eigenvalue weighted by Crippen LogP contribution is 2.36. The lowest BCUT2D eigenvalue weighted by Gasteiger charge is -2.34. The highest BCUT2D eigenvalue weighted by molar-refractivity contribution is 5.26. The summed E-state index contributed by atoms with van der Waals surface area (Å²) < 4.78 is 6.18. The minimum atomic E-state index is 0.453. The first-order valence-electron chi connectivity index (χ1n) is 8.50. The molecule has 1 N–H and O–H groups in total. The molecule has 0 spiro atoms. The molecule has 1 aromatic rings. The van der Waals surface area contributed by atoms with E-state index in [0.717, 1.165) is 19.7 Å². The van der Waals surface area contributed by atoms with Crippen LogP contribution in [0.25, 0.3) is 0 Å². The first-order valence-corrected chi connectivity index (χ1v) is 8.50. The fourth-order valence-corrected chi connectivity index (χ4v) is 3.02. The Morgan fingerprint density at radius 3 is 2.48 bits per heavy atom. The van der Waals surface area contributed by atoms with Gasteiger partial charge in [-0.05, 0) is 55.2 Å². The largest absolute Gasteiger partial charge is 0.374 e. The van der Waals surface area contributed by atoms with Gasteiger partial charge in [0.05, 0.1) is 12.7 Å². The fraction of sp³-hybridized carbons (Fsp3) is 0.684. The number of hydrogen-bond acceptors (Lipinski definition) is 2. The molecule has 2 nitrogen and oxygen atoms in total. The molecule has 0 heterocycles. The lowest BCUT2D eigenvalue weighted by Crippen LogP contribution is -2.26. The van der Waals surface area contributed by atoms with Crippen molar-refractivity contribution in [2.75, 3.05) is 6.54 Å². The second-order valence-corrected chi connectivity index (χ2v) is 7.12. The van der Waals surface area contributed by atoms with Crippen molar-refractivity contribution >= 4 is 0 Å². The van der Waals surface area contributed by atoms with Gasteiger partial charge in [0, 0.05) is 6.54 Å². The molecule has 0 aliphatic heterocycles. The average Bonchev–Trinajstić information content (AvgIpc) is 2.48. The molecule has 1 aliphatic carbocycles. The van der Waals surface area contributed by atoms with E-state index in [9.17, 15) is 0 Å². The summed E-state index contributed by atoms with van der Waals surface area (Å²) in [5, 5.41) is 3.48. The summed E-state index contributed by atoms with van der Waals surface area (Å²) >= 11 is 0. The van der Waals surface area contributed by atoms with Crippen LogP contribution in [0.5, 0.6) is 0 Å². The van der Waals surface area contributed by atoms with Crippen molar-refractivity contribution in [1.29, 1.82) is 0 Å². The standard InChI is InChI=1S/C19H31NO/c1-4-13-20-14-16-7-5-6-8-17(16)15-21-18-9-11-19(2,3)12-10-18/h5-8,18,20H,4,9-15H2,1-3H3. The lowest BCUT2D eigenvalue weighted by molar-refractivity contribution is -0.00586. The summed E-state index contributed by atoms with van der Waals surface area (Å²) in [6, 6.07) is 8.66. The SMILES string of the molecule is CCCNCc1ccccc1COC1CCC(C)(C)CC1. The molecule has 0 unspecified atom stereocenters. The maximum atomic E-state index is 6.18. The van der Waals surface area contributed by atoms with Gasteiger partial charge in [0.15, 0.2) is 0 Å². The van der Waals surface area contributed by atoms with E-state index >= 15 is 0 Å². The Balaban J connectivity index is 1.82. The first kappa shape index (κ1) is 16.5. The molecule has 0 amide bonds. The van der Waals surface area contributed by atoms with E-state index in [4.69, 9.17) is 4.74 Å². The van der Waals surface area contributed by atoms with Gasteiger partial charge >= 0.3 is 0 Å². The Morgan fingerprint density at radius 2 is 1.81 bits per heavy atom. The minimum absolute atomic E-state index is 0.453. The number of rotatable bonds is 7. The zero-order valence-electron chi connectivity index (χ0n) is 14.0. The van der Waals surface area contributed by atoms with E-state index in [1.54, 1.807) is 0 Å². The van der Waals surface area contributed by atoms with Crippen LogP contribution in [0.2, 0.25) is 0 Å². The van der Waals surface area contributed by atoms with Crippen molar-refractivity contribution in [2.24, 2.45) is 5.41 Å². The van der Waals surface area contributed by atoms with Crippen molar-refractivity contribution in [2.45, 2.75) is 72.1 Å². The van der Waals surface area contributed by atoms with E-state index in [1.807, 2.05) is 0 Å². The third-order valence-electron chi connectivity index (χ3n) is 4.62. The molecule has 118 valence electrons. The van der Waals surface area contributed by atoms with E-state index < -0.39 is 0 Å². The third-order valence-corrected chi connectivity index (χ3v) is 4.62. The molecule has 21 heavy (non-hydrogen) atoms. The monoisotopic (exact) mass is 289 g/mol. The quantitative estimate of drug-likeness (QED) is 0.736. The van der Waals surface area contributed by atoms with Crippen LogP contribution >= 0.6 is 0 Å². The van der Waals surface area contributed by atoms with Gasteiger partial charge in [0.1, 0.15) is 0 Å². The van der Waals surface area contributed by atoms with E-state index in [0.29, 0.717) is 11.5 Å². The smallest absolute Gasteiger partial charge is 0.0723 e. The fourth-order valence-electron chi connectivity index (χ4n) is 3.02. The van der Waals surface area contributed by atoms with Crippen molar-refractivity contribution < 1.29 is 4.74 Å². The third kappa shape index (κ3) is 5.44.